The van der Waals surface area contributed by atoms with E-state index < -0.39 is 0 Å². The van der Waals surface area contributed by atoms with Crippen LogP contribution in [0.15, 0.2) is 48.5 Å². The van der Waals surface area contributed by atoms with Gasteiger partial charge in [0, 0.05) is 29.7 Å². The first kappa shape index (κ1) is 21.0. The molecular weight excluding hydrogens is 406 g/mol. The van der Waals surface area contributed by atoms with Crippen molar-refractivity contribution in [1.82, 2.24) is 5.32 Å². The van der Waals surface area contributed by atoms with Gasteiger partial charge in [0.1, 0.15) is 5.75 Å². The van der Waals surface area contributed by atoms with Crippen LogP contribution in [-0.2, 0) is 14.3 Å². The number of carbonyl (C=O) groups excluding carboxylic acids is 2. The van der Waals surface area contributed by atoms with Crippen molar-refractivity contribution in [2.24, 2.45) is 5.92 Å². The molecule has 1 saturated heterocycles. The molecule has 168 valence electrons. The third kappa shape index (κ3) is 3.88. The van der Waals surface area contributed by atoms with E-state index in [1.165, 1.54) is 18.2 Å². The fourth-order valence-corrected chi connectivity index (χ4v) is 5.60. The van der Waals surface area contributed by atoms with Gasteiger partial charge >= 0.3 is 5.97 Å². The molecule has 2 aromatic rings. The monoisotopic (exact) mass is 435 g/mol. The minimum Gasteiger partial charge on any atom is -0.493 e. The van der Waals surface area contributed by atoms with Gasteiger partial charge in [-0.25, -0.2) is 0 Å². The van der Waals surface area contributed by atoms with Crippen molar-refractivity contribution in [1.29, 1.82) is 0 Å². The third-order valence-electron chi connectivity index (χ3n) is 7.21. The Balaban J connectivity index is 1.30. The van der Waals surface area contributed by atoms with Gasteiger partial charge in [-0.3, -0.25) is 9.59 Å². The lowest BCUT2D eigenvalue weighted by Gasteiger charge is -2.26. The number of amides is 1. The molecule has 3 aliphatic rings. The molecule has 0 aromatic heterocycles. The third-order valence-corrected chi connectivity index (χ3v) is 7.21. The Morgan fingerprint density at radius 1 is 1.06 bits per heavy atom. The quantitative estimate of drug-likeness (QED) is 0.739. The minimum absolute atomic E-state index is 0.169. The average molecular weight is 436 g/mol. The zero-order valence-electron chi connectivity index (χ0n) is 18.3. The molecule has 1 amide bonds. The van der Waals surface area contributed by atoms with Crippen LogP contribution >= 0.6 is 0 Å². The summed E-state index contributed by atoms with van der Waals surface area (Å²) >= 11 is 0. The number of methoxy groups -OCH3 is 1. The summed E-state index contributed by atoms with van der Waals surface area (Å²) in [5.41, 5.74) is 2.64. The van der Waals surface area contributed by atoms with Gasteiger partial charge < -0.3 is 19.5 Å². The van der Waals surface area contributed by atoms with Crippen LogP contribution < -0.4 is 10.1 Å². The summed E-state index contributed by atoms with van der Waals surface area (Å²) in [6, 6.07) is 15.6. The molecule has 6 nitrogen and oxygen atoms in total. The largest absolute Gasteiger partial charge is 0.493 e. The second-order valence-corrected chi connectivity index (χ2v) is 9.10. The van der Waals surface area contributed by atoms with Crippen LogP contribution in [0.1, 0.15) is 59.5 Å². The number of ether oxygens (including phenoxy) is 3. The molecule has 1 unspecified atom stereocenters. The Hall–Kier alpha value is -2.86. The SMILES string of the molecule is COC(=O)[C@H]1C[C@]2(CCCO2)C[C@H]1NC(=O)c1ccc(C2CCOc3ccccc32)cc1. The second-order valence-electron chi connectivity index (χ2n) is 9.10. The van der Waals surface area contributed by atoms with Crippen LogP contribution in [0.25, 0.3) is 0 Å². The Labute approximate surface area is 188 Å². The highest BCUT2D eigenvalue weighted by molar-refractivity contribution is 5.94. The molecule has 4 atom stereocenters. The van der Waals surface area contributed by atoms with Crippen molar-refractivity contribution in [2.45, 2.75) is 49.7 Å². The normalized spacial score (nSPS) is 28.7. The first-order chi connectivity index (χ1) is 15.6. The van der Waals surface area contributed by atoms with Crippen LogP contribution in [0.5, 0.6) is 5.75 Å². The fraction of sp³-hybridized carbons (Fsp3) is 0.462. The van der Waals surface area contributed by atoms with E-state index in [1.54, 1.807) is 0 Å². The first-order valence-corrected chi connectivity index (χ1v) is 11.4. The highest BCUT2D eigenvalue weighted by Gasteiger charge is 2.51. The van der Waals surface area contributed by atoms with Gasteiger partial charge in [0.05, 0.1) is 25.2 Å². The van der Waals surface area contributed by atoms with Gasteiger partial charge in [0.2, 0.25) is 0 Å². The molecule has 1 N–H and O–H groups in total. The van der Waals surface area contributed by atoms with Crippen LogP contribution in [-0.4, -0.2) is 43.8 Å². The van der Waals surface area contributed by atoms with Gasteiger partial charge in [-0.1, -0.05) is 30.3 Å². The summed E-state index contributed by atoms with van der Waals surface area (Å²) in [5.74, 6) is 0.368. The van der Waals surface area contributed by atoms with Crippen molar-refractivity contribution < 1.29 is 23.8 Å². The predicted octanol–water partition coefficient (Wildman–Crippen LogP) is 3.83. The molecule has 0 bridgehead atoms. The number of hydrogen-bond donors (Lipinski definition) is 1. The second kappa shape index (κ2) is 8.58. The molecule has 2 aromatic carbocycles. The van der Waals surface area contributed by atoms with Gasteiger partial charge in [-0.2, -0.15) is 0 Å². The molecule has 6 heteroatoms. The highest BCUT2D eigenvalue weighted by Crippen LogP contribution is 2.44. The Kier molecular flexibility index (Phi) is 5.64. The van der Waals surface area contributed by atoms with Crippen molar-refractivity contribution >= 4 is 11.9 Å². The molecule has 2 fully saturated rings. The number of hydrogen-bond acceptors (Lipinski definition) is 5. The number of benzene rings is 2. The molecule has 5 rings (SSSR count). The summed E-state index contributed by atoms with van der Waals surface area (Å²) in [4.78, 5) is 25.4. The van der Waals surface area contributed by atoms with E-state index in [0.29, 0.717) is 31.6 Å². The first-order valence-electron chi connectivity index (χ1n) is 11.4. The number of fused-ring (bicyclic) bond motifs is 1. The van der Waals surface area contributed by atoms with Crippen LogP contribution in [0.3, 0.4) is 0 Å². The van der Waals surface area contributed by atoms with Gasteiger partial charge in [0.15, 0.2) is 0 Å². The van der Waals surface area contributed by atoms with E-state index in [0.717, 1.165) is 25.0 Å². The van der Waals surface area contributed by atoms with Crippen LogP contribution in [0.2, 0.25) is 0 Å². The van der Waals surface area contributed by atoms with E-state index in [4.69, 9.17) is 14.2 Å². The summed E-state index contributed by atoms with van der Waals surface area (Å²) in [6.07, 6.45) is 4.08. The van der Waals surface area contributed by atoms with Gasteiger partial charge in [-0.15, -0.1) is 0 Å². The van der Waals surface area contributed by atoms with Crippen LogP contribution in [0.4, 0.5) is 0 Å². The standard InChI is InChI=1S/C26H29NO5/c1-30-25(29)21-15-26(12-4-13-32-26)16-22(21)27-24(28)18-9-7-17(8-10-18)19-11-14-31-23-6-3-2-5-20(19)23/h2-3,5-10,19,21-22H,4,11-16H2,1H3,(H,27,28)/t19?,21-,22+,26+/m0/s1. The molecule has 1 saturated carbocycles. The molecular formula is C26H29NO5. The maximum absolute atomic E-state index is 13.0. The number of carbonyl (C=O) groups is 2. The molecule has 2 heterocycles. The Morgan fingerprint density at radius 3 is 2.62 bits per heavy atom. The van der Waals surface area contributed by atoms with E-state index in [-0.39, 0.29) is 35.4 Å². The lowest BCUT2D eigenvalue weighted by Crippen LogP contribution is -2.41. The minimum atomic E-state index is -0.375. The number of para-hydroxylation sites is 1. The maximum atomic E-state index is 13.0. The summed E-state index contributed by atoms with van der Waals surface area (Å²) in [5, 5.41) is 3.09. The van der Waals surface area contributed by atoms with Crippen molar-refractivity contribution in [3.8, 4) is 5.75 Å². The molecule has 2 aliphatic heterocycles. The smallest absolute Gasteiger partial charge is 0.310 e. The topological polar surface area (TPSA) is 73.9 Å². The summed E-state index contributed by atoms with van der Waals surface area (Å²) in [7, 11) is 1.40. The molecule has 32 heavy (non-hydrogen) atoms. The average Bonchev–Trinajstić information content (AvgIpc) is 3.44. The van der Waals surface area contributed by atoms with Crippen molar-refractivity contribution in [2.75, 3.05) is 20.3 Å². The number of nitrogens with one attached hydrogen (secondary N) is 1. The molecule has 0 radical (unpaired) electrons. The number of esters is 1. The lowest BCUT2D eigenvalue weighted by atomic mass is 9.86. The van der Waals surface area contributed by atoms with E-state index in [2.05, 4.69) is 11.4 Å². The zero-order chi connectivity index (χ0) is 22.1. The summed E-state index contributed by atoms with van der Waals surface area (Å²) < 4.78 is 16.8. The lowest BCUT2D eigenvalue weighted by molar-refractivity contribution is -0.146. The van der Waals surface area contributed by atoms with Gasteiger partial charge in [-0.05, 0) is 55.9 Å². The van der Waals surface area contributed by atoms with E-state index >= 15 is 0 Å². The fourth-order valence-electron chi connectivity index (χ4n) is 5.60. The van der Waals surface area contributed by atoms with Crippen LogP contribution in [0, 0.1) is 5.92 Å². The maximum Gasteiger partial charge on any atom is 0.310 e. The Bertz CT molecular complexity index is 996. The highest BCUT2D eigenvalue weighted by atomic mass is 16.5. The number of rotatable bonds is 4. The predicted molar refractivity (Wildman–Crippen MR) is 119 cm³/mol. The molecule has 1 aliphatic carbocycles. The summed E-state index contributed by atoms with van der Waals surface area (Å²) in [6.45, 7) is 1.40. The Morgan fingerprint density at radius 2 is 1.88 bits per heavy atom. The van der Waals surface area contributed by atoms with Crippen molar-refractivity contribution in [3.63, 3.8) is 0 Å². The van der Waals surface area contributed by atoms with Crippen molar-refractivity contribution in [3.05, 3.63) is 65.2 Å². The van der Waals surface area contributed by atoms with E-state index in [9.17, 15) is 9.59 Å². The van der Waals surface area contributed by atoms with E-state index in [1.807, 2.05) is 42.5 Å². The zero-order valence-corrected chi connectivity index (χ0v) is 18.3. The van der Waals surface area contributed by atoms with Gasteiger partial charge in [0.25, 0.3) is 5.91 Å². The molecule has 1 spiro atoms.